The van der Waals surface area contributed by atoms with Crippen molar-refractivity contribution in [1.29, 1.82) is 0 Å². The zero-order valence-electron chi connectivity index (χ0n) is 16.1. The summed E-state index contributed by atoms with van der Waals surface area (Å²) in [6.07, 6.45) is 3.37. The highest BCUT2D eigenvalue weighted by Gasteiger charge is 2.06. The third-order valence-electron chi connectivity index (χ3n) is 3.48. The molecule has 0 spiro atoms. The summed E-state index contributed by atoms with van der Waals surface area (Å²) in [4.78, 5) is 11.9. The van der Waals surface area contributed by atoms with Gasteiger partial charge in [-0.1, -0.05) is 35.8 Å². The largest absolute Gasteiger partial charge is 0.493 e. The first-order chi connectivity index (χ1) is 13.6. The van der Waals surface area contributed by atoms with Crippen molar-refractivity contribution < 1.29 is 19.0 Å². The van der Waals surface area contributed by atoms with Crippen LogP contribution in [0.1, 0.15) is 32.3 Å². The smallest absolute Gasteiger partial charge is 0.277 e. The first kappa shape index (κ1) is 21.8. The van der Waals surface area contributed by atoms with E-state index in [9.17, 15) is 4.79 Å². The molecule has 0 aromatic heterocycles. The van der Waals surface area contributed by atoms with Gasteiger partial charge in [-0.25, -0.2) is 5.43 Å². The molecule has 6 nitrogen and oxygen atoms in total. The molecular weight excluding hydrogens is 424 g/mol. The molecule has 0 radical (unpaired) electrons. The SMILES string of the molecule is CCCOc1ccc(/C=N/NC(=O)COc2cccc(Br)c2)c(OCCC)c1. The Bertz CT molecular complexity index is 796. The lowest BCUT2D eigenvalue weighted by Crippen LogP contribution is -2.24. The summed E-state index contributed by atoms with van der Waals surface area (Å²) in [6, 6.07) is 12.8. The Hall–Kier alpha value is -2.54. The molecule has 2 aromatic rings. The topological polar surface area (TPSA) is 69.2 Å². The van der Waals surface area contributed by atoms with E-state index < -0.39 is 0 Å². The summed E-state index contributed by atoms with van der Waals surface area (Å²) in [5.74, 6) is 1.66. The molecule has 0 aliphatic rings. The van der Waals surface area contributed by atoms with Crippen molar-refractivity contribution in [2.75, 3.05) is 19.8 Å². The van der Waals surface area contributed by atoms with Gasteiger partial charge in [0.2, 0.25) is 0 Å². The van der Waals surface area contributed by atoms with Gasteiger partial charge in [0.05, 0.1) is 19.4 Å². The number of hydrogen-bond donors (Lipinski definition) is 1. The summed E-state index contributed by atoms with van der Waals surface area (Å²) >= 11 is 3.36. The monoisotopic (exact) mass is 448 g/mol. The maximum Gasteiger partial charge on any atom is 0.277 e. The molecule has 0 heterocycles. The van der Waals surface area contributed by atoms with Gasteiger partial charge in [0.1, 0.15) is 17.2 Å². The molecule has 1 N–H and O–H groups in total. The number of carbonyl (C=O) groups is 1. The molecule has 0 unspecified atom stereocenters. The third kappa shape index (κ3) is 7.60. The lowest BCUT2D eigenvalue weighted by atomic mass is 10.2. The van der Waals surface area contributed by atoms with Crippen molar-refractivity contribution in [3.63, 3.8) is 0 Å². The van der Waals surface area contributed by atoms with Gasteiger partial charge in [-0.3, -0.25) is 4.79 Å². The van der Waals surface area contributed by atoms with Gasteiger partial charge in [-0.2, -0.15) is 5.10 Å². The van der Waals surface area contributed by atoms with Crippen molar-refractivity contribution in [3.8, 4) is 17.2 Å². The number of ether oxygens (including phenoxy) is 3. The number of amides is 1. The lowest BCUT2D eigenvalue weighted by molar-refractivity contribution is -0.123. The molecule has 0 aliphatic carbocycles. The fourth-order valence-electron chi connectivity index (χ4n) is 2.18. The zero-order chi connectivity index (χ0) is 20.2. The molecule has 1 amide bonds. The van der Waals surface area contributed by atoms with Crippen LogP contribution in [0.2, 0.25) is 0 Å². The Morgan fingerprint density at radius 3 is 2.54 bits per heavy atom. The highest BCUT2D eigenvalue weighted by Crippen LogP contribution is 2.24. The highest BCUT2D eigenvalue weighted by atomic mass is 79.9. The summed E-state index contributed by atoms with van der Waals surface area (Å²) in [5.41, 5.74) is 3.21. The Morgan fingerprint density at radius 2 is 1.79 bits per heavy atom. The van der Waals surface area contributed by atoms with Crippen LogP contribution in [0, 0.1) is 0 Å². The number of nitrogens with zero attached hydrogens (tertiary/aromatic N) is 1. The molecule has 0 saturated heterocycles. The molecule has 0 aliphatic heterocycles. The minimum absolute atomic E-state index is 0.128. The average molecular weight is 449 g/mol. The van der Waals surface area contributed by atoms with E-state index in [0.717, 1.165) is 28.6 Å². The van der Waals surface area contributed by atoms with Crippen LogP contribution in [-0.2, 0) is 4.79 Å². The standard InChI is InChI=1S/C21H25BrN2O4/c1-3-10-26-19-9-8-16(20(13-19)27-11-4-2)14-23-24-21(25)15-28-18-7-5-6-17(22)12-18/h5-9,12-14H,3-4,10-11,15H2,1-2H3,(H,24,25)/b23-14+. The Kier molecular flexibility index (Phi) is 9.34. The Morgan fingerprint density at radius 1 is 1.04 bits per heavy atom. The van der Waals surface area contributed by atoms with Crippen molar-refractivity contribution in [1.82, 2.24) is 5.43 Å². The van der Waals surface area contributed by atoms with Gasteiger partial charge >= 0.3 is 0 Å². The molecule has 2 aromatic carbocycles. The van der Waals surface area contributed by atoms with Crippen LogP contribution in [0.5, 0.6) is 17.2 Å². The first-order valence-corrected chi connectivity index (χ1v) is 10.0. The van der Waals surface area contributed by atoms with Crippen LogP contribution >= 0.6 is 15.9 Å². The third-order valence-corrected chi connectivity index (χ3v) is 3.97. The van der Waals surface area contributed by atoms with Crippen LogP contribution in [0.15, 0.2) is 52.0 Å². The van der Waals surface area contributed by atoms with Crippen molar-refractivity contribution in [2.45, 2.75) is 26.7 Å². The molecule has 7 heteroatoms. The number of nitrogens with one attached hydrogen (secondary N) is 1. The number of benzene rings is 2. The number of carbonyl (C=O) groups excluding carboxylic acids is 1. The van der Waals surface area contributed by atoms with E-state index in [1.807, 2.05) is 37.3 Å². The van der Waals surface area contributed by atoms with Gasteiger partial charge in [-0.15, -0.1) is 0 Å². The molecule has 0 saturated carbocycles. The van der Waals surface area contributed by atoms with Crippen molar-refractivity contribution in [3.05, 3.63) is 52.5 Å². The lowest BCUT2D eigenvalue weighted by Gasteiger charge is -2.11. The van der Waals surface area contributed by atoms with E-state index in [2.05, 4.69) is 33.4 Å². The fraction of sp³-hybridized carbons (Fsp3) is 0.333. The van der Waals surface area contributed by atoms with E-state index >= 15 is 0 Å². The van der Waals surface area contributed by atoms with E-state index in [4.69, 9.17) is 14.2 Å². The highest BCUT2D eigenvalue weighted by molar-refractivity contribution is 9.10. The van der Waals surface area contributed by atoms with Crippen LogP contribution in [0.3, 0.4) is 0 Å². The molecule has 0 fully saturated rings. The van der Waals surface area contributed by atoms with Gasteiger partial charge < -0.3 is 14.2 Å². The molecule has 28 heavy (non-hydrogen) atoms. The zero-order valence-corrected chi connectivity index (χ0v) is 17.7. The van der Waals surface area contributed by atoms with Crippen LogP contribution in [0.25, 0.3) is 0 Å². The van der Waals surface area contributed by atoms with E-state index in [-0.39, 0.29) is 12.5 Å². The minimum atomic E-state index is -0.352. The number of halogens is 1. The van der Waals surface area contributed by atoms with Crippen LogP contribution < -0.4 is 19.6 Å². The maximum atomic E-state index is 11.9. The number of rotatable bonds is 11. The van der Waals surface area contributed by atoms with E-state index in [1.165, 1.54) is 0 Å². The second-order valence-corrected chi connectivity index (χ2v) is 6.85. The summed E-state index contributed by atoms with van der Waals surface area (Å²) in [5, 5.41) is 4.00. The predicted molar refractivity (Wildman–Crippen MR) is 113 cm³/mol. The van der Waals surface area contributed by atoms with Gasteiger partial charge in [-0.05, 0) is 43.2 Å². The van der Waals surface area contributed by atoms with Crippen LogP contribution in [0.4, 0.5) is 0 Å². The summed E-state index contributed by atoms with van der Waals surface area (Å²) in [7, 11) is 0. The normalized spacial score (nSPS) is 10.7. The summed E-state index contributed by atoms with van der Waals surface area (Å²) < 4.78 is 17.7. The van der Waals surface area contributed by atoms with Gasteiger partial charge in [0, 0.05) is 16.1 Å². The van der Waals surface area contributed by atoms with E-state index in [1.54, 1.807) is 18.3 Å². The fourth-order valence-corrected chi connectivity index (χ4v) is 2.56. The van der Waals surface area contributed by atoms with Gasteiger partial charge in [0.25, 0.3) is 5.91 Å². The predicted octanol–water partition coefficient (Wildman–Crippen LogP) is 4.56. The summed E-state index contributed by atoms with van der Waals surface area (Å²) in [6.45, 7) is 5.20. The molecule has 0 bridgehead atoms. The quantitative estimate of drug-likeness (QED) is 0.404. The first-order valence-electron chi connectivity index (χ1n) is 9.22. The Labute approximate surface area is 174 Å². The molecule has 0 atom stereocenters. The van der Waals surface area contributed by atoms with Crippen molar-refractivity contribution in [2.24, 2.45) is 5.10 Å². The molecule has 2 rings (SSSR count). The van der Waals surface area contributed by atoms with Crippen LogP contribution in [-0.4, -0.2) is 31.9 Å². The minimum Gasteiger partial charge on any atom is -0.493 e. The Balaban J connectivity index is 1.92. The average Bonchev–Trinajstić information content (AvgIpc) is 2.70. The molecular formula is C21H25BrN2O4. The van der Waals surface area contributed by atoms with Gasteiger partial charge in [0.15, 0.2) is 6.61 Å². The maximum absolute atomic E-state index is 11.9. The molecule has 150 valence electrons. The second-order valence-electron chi connectivity index (χ2n) is 5.94. The number of hydrogen-bond acceptors (Lipinski definition) is 5. The van der Waals surface area contributed by atoms with E-state index in [0.29, 0.717) is 24.7 Å². The number of hydrazone groups is 1. The second kappa shape index (κ2) is 12.0. The van der Waals surface area contributed by atoms with Crippen molar-refractivity contribution >= 4 is 28.1 Å².